The number of ether oxygens (including phenoxy) is 1. The van der Waals surface area contributed by atoms with Gasteiger partial charge in [0.25, 0.3) is 5.91 Å². The highest BCUT2D eigenvalue weighted by Crippen LogP contribution is 2.27. The van der Waals surface area contributed by atoms with Gasteiger partial charge in [0.15, 0.2) is 0 Å². The Labute approximate surface area is 113 Å². The van der Waals surface area contributed by atoms with E-state index in [1.807, 2.05) is 0 Å². The average molecular weight is 290 g/mol. The Kier molecular flexibility index (Phi) is 4.24. The summed E-state index contributed by atoms with van der Waals surface area (Å²) in [4.78, 5) is 16.8. The zero-order valence-corrected chi connectivity index (χ0v) is 10.4. The molecule has 1 aliphatic heterocycles. The van der Waals surface area contributed by atoms with Crippen LogP contribution in [0.25, 0.3) is 0 Å². The van der Waals surface area contributed by atoms with Crippen molar-refractivity contribution in [3.8, 4) is 0 Å². The summed E-state index contributed by atoms with van der Waals surface area (Å²) in [6.07, 6.45) is -4.08. The fourth-order valence-corrected chi connectivity index (χ4v) is 1.88. The summed E-state index contributed by atoms with van der Waals surface area (Å²) in [5.41, 5.74) is -0.958. The number of aromatic nitrogens is 1. The lowest BCUT2D eigenvalue weighted by atomic mass is 10.2. The first-order valence-electron chi connectivity index (χ1n) is 5.97. The number of morpholine rings is 1. The van der Waals surface area contributed by atoms with Crippen molar-refractivity contribution in [3.63, 3.8) is 0 Å². The lowest BCUT2D eigenvalue weighted by molar-refractivity contribution is -0.141. The molecule has 20 heavy (non-hydrogen) atoms. The second-order valence-corrected chi connectivity index (χ2v) is 4.36. The van der Waals surface area contributed by atoms with E-state index in [0.29, 0.717) is 6.54 Å². The first-order valence-corrected chi connectivity index (χ1v) is 5.97. The van der Waals surface area contributed by atoms with Crippen LogP contribution in [0, 0.1) is 0 Å². The van der Waals surface area contributed by atoms with E-state index < -0.39 is 23.9 Å². The summed E-state index contributed by atoms with van der Waals surface area (Å²) >= 11 is 0. The van der Waals surface area contributed by atoms with Crippen LogP contribution in [0.1, 0.15) is 16.1 Å². The van der Waals surface area contributed by atoms with Crippen LogP contribution in [-0.2, 0) is 10.9 Å². The first kappa shape index (κ1) is 14.7. The summed E-state index contributed by atoms with van der Waals surface area (Å²) < 4.78 is 42.3. The van der Waals surface area contributed by atoms with Crippen LogP contribution in [0.2, 0.25) is 0 Å². The number of nitrogens with zero attached hydrogens (tertiary/aromatic N) is 2. The summed E-state index contributed by atoms with van der Waals surface area (Å²) in [5, 5.41) is 8.99. The van der Waals surface area contributed by atoms with Gasteiger partial charge in [-0.1, -0.05) is 0 Å². The smallest absolute Gasteiger partial charge is 0.394 e. The standard InChI is InChI=1S/C12H13F3N2O3/c13-12(14,15)10-2-1-8(5-16-10)11(19)17-3-4-20-9(6-17)7-18/h1-2,5,9,18H,3-4,6-7H2. The molecule has 1 N–H and O–H groups in total. The second-order valence-electron chi connectivity index (χ2n) is 4.36. The SMILES string of the molecule is O=C(c1ccc(C(F)(F)F)nc1)N1CCOC(CO)C1. The highest BCUT2D eigenvalue weighted by Gasteiger charge is 2.32. The van der Waals surface area contributed by atoms with Crippen LogP contribution < -0.4 is 0 Å². The molecule has 2 rings (SSSR count). The molecule has 0 aliphatic carbocycles. The van der Waals surface area contributed by atoms with Gasteiger partial charge in [-0.2, -0.15) is 13.2 Å². The molecule has 1 fully saturated rings. The minimum Gasteiger partial charge on any atom is -0.394 e. The molecule has 8 heteroatoms. The number of pyridine rings is 1. The maximum atomic E-state index is 12.4. The van der Waals surface area contributed by atoms with Gasteiger partial charge in [0.2, 0.25) is 0 Å². The molecule has 1 unspecified atom stereocenters. The number of alkyl halides is 3. The monoisotopic (exact) mass is 290 g/mol. The number of hydrogen-bond acceptors (Lipinski definition) is 4. The molecule has 0 radical (unpaired) electrons. The van der Waals surface area contributed by atoms with Crippen molar-refractivity contribution in [1.82, 2.24) is 9.88 Å². The minimum atomic E-state index is -4.53. The van der Waals surface area contributed by atoms with Crippen molar-refractivity contribution in [1.29, 1.82) is 0 Å². The molecule has 0 aromatic carbocycles. The molecular formula is C12H13F3N2O3. The van der Waals surface area contributed by atoms with E-state index in [4.69, 9.17) is 9.84 Å². The molecule has 1 atom stereocenters. The largest absolute Gasteiger partial charge is 0.433 e. The maximum Gasteiger partial charge on any atom is 0.433 e. The van der Waals surface area contributed by atoms with Crippen LogP contribution in [-0.4, -0.2) is 53.3 Å². The van der Waals surface area contributed by atoms with Gasteiger partial charge >= 0.3 is 6.18 Å². The fourth-order valence-electron chi connectivity index (χ4n) is 1.88. The van der Waals surface area contributed by atoms with Gasteiger partial charge in [-0.3, -0.25) is 9.78 Å². The predicted molar refractivity (Wildman–Crippen MR) is 62.0 cm³/mol. The molecule has 1 aliphatic rings. The van der Waals surface area contributed by atoms with E-state index in [0.717, 1.165) is 18.3 Å². The van der Waals surface area contributed by atoms with E-state index in [1.54, 1.807) is 0 Å². The molecule has 1 saturated heterocycles. The Balaban J connectivity index is 2.09. The van der Waals surface area contributed by atoms with Crippen molar-refractivity contribution in [2.45, 2.75) is 12.3 Å². The van der Waals surface area contributed by atoms with Gasteiger partial charge in [0, 0.05) is 19.3 Å². The van der Waals surface area contributed by atoms with Gasteiger partial charge in [-0.05, 0) is 12.1 Å². The van der Waals surface area contributed by atoms with E-state index in [1.165, 1.54) is 4.90 Å². The summed E-state index contributed by atoms with van der Waals surface area (Å²) in [6, 6.07) is 1.87. The molecule has 0 saturated carbocycles. The Morgan fingerprint density at radius 2 is 2.25 bits per heavy atom. The summed E-state index contributed by atoms with van der Waals surface area (Å²) in [7, 11) is 0. The number of aliphatic hydroxyl groups excluding tert-OH is 1. The third-order valence-electron chi connectivity index (χ3n) is 2.93. The molecule has 2 heterocycles. The van der Waals surface area contributed by atoms with Crippen LogP contribution in [0.15, 0.2) is 18.3 Å². The molecule has 0 spiro atoms. The average Bonchev–Trinajstić information content (AvgIpc) is 2.46. The van der Waals surface area contributed by atoms with Crippen molar-refractivity contribution in [2.24, 2.45) is 0 Å². The number of carbonyl (C=O) groups excluding carboxylic acids is 1. The number of rotatable bonds is 2. The number of amides is 1. The van der Waals surface area contributed by atoms with Crippen LogP contribution in [0.3, 0.4) is 0 Å². The highest BCUT2D eigenvalue weighted by molar-refractivity contribution is 5.94. The number of carbonyl (C=O) groups is 1. The Morgan fingerprint density at radius 3 is 2.80 bits per heavy atom. The van der Waals surface area contributed by atoms with Gasteiger partial charge in [-0.15, -0.1) is 0 Å². The first-order chi connectivity index (χ1) is 9.41. The van der Waals surface area contributed by atoms with Gasteiger partial charge in [0.1, 0.15) is 5.69 Å². The lowest BCUT2D eigenvalue weighted by Gasteiger charge is -2.32. The van der Waals surface area contributed by atoms with Gasteiger partial charge < -0.3 is 14.7 Å². The van der Waals surface area contributed by atoms with Crippen LogP contribution in [0.5, 0.6) is 0 Å². The van der Waals surface area contributed by atoms with E-state index >= 15 is 0 Å². The molecule has 1 aromatic heterocycles. The lowest BCUT2D eigenvalue weighted by Crippen LogP contribution is -2.46. The van der Waals surface area contributed by atoms with Gasteiger partial charge in [-0.25, -0.2) is 0 Å². The highest BCUT2D eigenvalue weighted by atomic mass is 19.4. The quantitative estimate of drug-likeness (QED) is 0.880. The van der Waals surface area contributed by atoms with Crippen molar-refractivity contribution in [3.05, 3.63) is 29.6 Å². The fraction of sp³-hybridized carbons (Fsp3) is 0.500. The molecular weight excluding hydrogens is 277 g/mol. The number of hydrogen-bond donors (Lipinski definition) is 1. The Morgan fingerprint density at radius 1 is 1.50 bits per heavy atom. The van der Waals surface area contributed by atoms with E-state index in [2.05, 4.69) is 4.98 Å². The molecule has 110 valence electrons. The maximum absolute atomic E-state index is 12.4. The molecule has 0 bridgehead atoms. The third-order valence-corrected chi connectivity index (χ3v) is 2.93. The molecule has 1 aromatic rings. The summed E-state index contributed by atoms with van der Waals surface area (Å²) in [6.45, 7) is 0.604. The number of halogens is 3. The van der Waals surface area contributed by atoms with Crippen LogP contribution >= 0.6 is 0 Å². The third kappa shape index (κ3) is 3.26. The molecule has 5 nitrogen and oxygen atoms in total. The second kappa shape index (κ2) is 5.76. The normalized spacial score (nSPS) is 20.0. The topological polar surface area (TPSA) is 62.7 Å². The molecule has 1 amide bonds. The summed E-state index contributed by atoms with van der Waals surface area (Å²) in [5.74, 6) is -0.423. The van der Waals surface area contributed by atoms with Crippen LogP contribution in [0.4, 0.5) is 13.2 Å². The zero-order chi connectivity index (χ0) is 14.8. The van der Waals surface area contributed by atoms with Crippen molar-refractivity contribution in [2.75, 3.05) is 26.3 Å². The Hall–Kier alpha value is -1.67. The van der Waals surface area contributed by atoms with Gasteiger partial charge in [0.05, 0.1) is 24.9 Å². The zero-order valence-electron chi connectivity index (χ0n) is 10.4. The van der Waals surface area contributed by atoms with E-state index in [9.17, 15) is 18.0 Å². The van der Waals surface area contributed by atoms with E-state index in [-0.39, 0.29) is 25.3 Å². The minimum absolute atomic E-state index is 0.0802. The van der Waals surface area contributed by atoms with Crippen molar-refractivity contribution < 1.29 is 27.8 Å². The number of aliphatic hydroxyl groups is 1. The predicted octanol–water partition coefficient (Wildman–Crippen LogP) is 0.934. The Bertz CT molecular complexity index is 476. The van der Waals surface area contributed by atoms with Crippen molar-refractivity contribution >= 4 is 5.91 Å².